The minimum absolute atomic E-state index is 0.216. The largest absolute Gasteiger partial charge is 0.462 e. The van der Waals surface area contributed by atoms with Crippen LogP contribution in [-0.2, 0) is 4.74 Å². The number of ether oxygens (including phenoxy) is 1. The summed E-state index contributed by atoms with van der Waals surface area (Å²) in [4.78, 5) is 14.7. The SMILES string of the molecule is Cc1c[nH]c(C)c1C(=O)OCCC(C)C. The fraction of sp³-hybridized carbons (Fsp3) is 0.583. The highest BCUT2D eigenvalue weighted by atomic mass is 16.5. The summed E-state index contributed by atoms with van der Waals surface area (Å²) >= 11 is 0. The van der Waals surface area contributed by atoms with Gasteiger partial charge in [0.2, 0.25) is 0 Å². The summed E-state index contributed by atoms with van der Waals surface area (Å²) in [6.45, 7) is 8.51. The molecule has 0 amide bonds. The number of H-pyrrole nitrogens is 1. The Hall–Kier alpha value is -1.25. The van der Waals surface area contributed by atoms with Crippen molar-refractivity contribution in [2.45, 2.75) is 34.1 Å². The van der Waals surface area contributed by atoms with Gasteiger partial charge >= 0.3 is 5.97 Å². The van der Waals surface area contributed by atoms with Crippen LogP contribution >= 0.6 is 0 Å². The standard InChI is InChI=1S/C12H19NO2/c1-8(2)5-6-15-12(14)11-9(3)7-13-10(11)4/h7-8,13H,5-6H2,1-4H3. The molecule has 84 valence electrons. The van der Waals surface area contributed by atoms with Gasteiger partial charge in [0.1, 0.15) is 0 Å². The van der Waals surface area contributed by atoms with Gasteiger partial charge in [0.15, 0.2) is 0 Å². The lowest BCUT2D eigenvalue weighted by Crippen LogP contribution is -2.09. The molecular formula is C12H19NO2. The van der Waals surface area contributed by atoms with Gasteiger partial charge in [-0.3, -0.25) is 0 Å². The van der Waals surface area contributed by atoms with Crippen LogP contribution in [0, 0.1) is 19.8 Å². The number of hydrogen-bond donors (Lipinski definition) is 1. The highest BCUT2D eigenvalue weighted by molar-refractivity contribution is 5.92. The maximum absolute atomic E-state index is 11.7. The van der Waals surface area contributed by atoms with Gasteiger partial charge in [-0.15, -0.1) is 0 Å². The summed E-state index contributed by atoms with van der Waals surface area (Å²) < 4.78 is 5.20. The zero-order valence-corrected chi connectivity index (χ0v) is 9.89. The van der Waals surface area contributed by atoms with Crippen LogP contribution in [0.1, 0.15) is 41.9 Å². The molecule has 0 aliphatic heterocycles. The summed E-state index contributed by atoms with van der Waals surface area (Å²) in [6, 6.07) is 0. The van der Waals surface area contributed by atoms with Crippen LogP contribution < -0.4 is 0 Å². The third-order valence-electron chi connectivity index (χ3n) is 2.41. The van der Waals surface area contributed by atoms with Crippen LogP contribution in [0.4, 0.5) is 0 Å². The number of aromatic amines is 1. The van der Waals surface area contributed by atoms with E-state index in [4.69, 9.17) is 4.74 Å². The van der Waals surface area contributed by atoms with Crippen LogP contribution in [0.25, 0.3) is 0 Å². The van der Waals surface area contributed by atoms with Gasteiger partial charge in [-0.1, -0.05) is 13.8 Å². The highest BCUT2D eigenvalue weighted by Gasteiger charge is 2.14. The lowest BCUT2D eigenvalue weighted by Gasteiger charge is -2.07. The molecule has 0 unspecified atom stereocenters. The van der Waals surface area contributed by atoms with Crippen molar-refractivity contribution in [1.29, 1.82) is 0 Å². The number of carbonyl (C=O) groups is 1. The van der Waals surface area contributed by atoms with Crippen LogP contribution in [0.2, 0.25) is 0 Å². The van der Waals surface area contributed by atoms with E-state index in [2.05, 4.69) is 18.8 Å². The average Bonchev–Trinajstić information content (AvgIpc) is 2.45. The molecule has 15 heavy (non-hydrogen) atoms. The Labute approximate surface area is 90.8 Å². The van der Waals surface area contributed by atoms with E-state index >= 15 is 0 Å². The molecule has 0 saturated carbocycles. The van der Waals surface area contributed by atoms with Gasteiger partial charge < -0.3 is 9.72 Å². The lowest BCUT2D eigenvalue weighted by molar-refractivity contribution is 0.0486. The molecule has 0 aliphatic rings. The first-order valence-corrected chi connectivity index (χ1v) is 5.34. The van der Waals surface area contributed by atoms with E-state index in [1.54, 1.807) is 0 Å². The molecule has 0 radical (unpaired) electrons. The van der Waals surface area contributed by atoms with E-state index in [0.717, 1.165) is 17.7 Å². The number of rotatable bonds is 4. The summed E-state index contributed by atoms with van der Waals surface area (Å²) in [5, 5.41) is 0. The van der Waals surface area contributed by atoms with Crippen LogP contribution in [0.15, 0.2) is 6.20 Å². The molecule has 0 fully saturated rings. The second kappa shape index (κ2) is 5.01. The molecule has 1 aromatic heterocycles. The predicted molar refractivity (Wildman–Crippen MR) is 60.0 cm³/mol. The Kier molecular flexibility index (Phi) is 3.95. The number of aromatic nitrogens is 1. The number of hydrogen-bond acceptors (Lipinski definition) is 2. The van der Waals surface area contributed by atoms with Crippen LogP contribution in [-0.4, -0.2) is 17.6 Å². The number of carbonyl (C=O) groups excluding carboxylic acids is 1. The van der Waals surface area contributed by atoms with E-state index in [9.17, 15) is 4.79 Å². The summed E-state index contributed by atoms with van der Waals surface area (Å²) in [5.41, 5.74) is 2.50. The van der Waals surface area contributed by atoms with Crippen molar-refractivity contribution >= 4 is 5.97 Å². The van der Waals surface area contributed by atoms with E-state index in [1.807, 2.05) is 20.0 Å². The molecule has 0 aromatic carbocycles. The quantitative estimate of drug-likeness (QED) is 0.775. The summed E-state index contributed by atoms with van der Waals surface area (Å²) in [7, 11) is 0. The maximum atomic E-state index is 11.7. The normalized spacial score (nSPS) is 10.7. The fourth-order valence-electron chi connectivity index (χ4n) is 1.43. The molecule has 0 bridgehead atoms. The van der Waals surface area contributed by atoms with E-state index in [0.29, 0.717) is 18.1 Å². The Morgan fingerprint density at radius 3 is 2.60 bits per heavy atom. The predicted octanol–water partition coefficient (Wildman–Crippen LogP) is 2.83. The molecule has 0 saturated heterocycles. The molecule has 1 rings (SSSR count). The minimum Gasteiger partial charge on any atom is -0.462 e. The van der Waals surface area contributed by atoms with Crippen molar-refractivity contribution in [3.05, 3.63) is 23.0 Å². The molecule has 1 aromatic rings. The molecule has 3 heteroatoms. The smallest absolute Gasteiger partial charge is 0.340 e. The van der Waals surface area contributed by atoms with Crippen molar-refractivity contribution < 1.29 is 9.53 Å². The average molecular weight is 209 g/mol. The second-order valence-corrected chi connectivity index (χ2v) is 4.29. The molecule has 3 nitrogen and oxygen atoms in total. The first-order valence-electron chi connectivity index (χ1n) is 5.34. The second-order valence-electron chi connectivity index (χ2n) is 4.29. The third kappa shape index (κ3) is 3.11. The van der Waals surface area contributed by atoms with Crippen molar-refractivity contribution in [3.63, 3.8) is 0 Å². The third-order valence-corrected chi connectivity index (χ3v) is 2.41. The maximum Gasteiger partial charge on any atom is 0.340 e. The highest BCUT2D eigenvalue weighted by Crippen LogP contribution is 2.13. The Morgan fingerprint density at radius 2 is 2.13 bits per heavy atom. The van der Waals surface area contributed by atoms with Crippen molar-refractivity contribution in [1.82, 2.24) is 4.98 Å². The molecule has 0 spiro atoms. The molecule has 1 N–H and O–H groups in total. The zero-order chi connectivity index (χ0) is 11.4. The summed E-state index contributed by atoms with van der Waals surface area (Å²) in [6.07, 6.45) is 2.74. The van der Waals surface area contributed by atoms with E-state index < -0.39 is 0 Å². The van der Waals surface area contributed by atoms with Crippen molar-refractivity contribution in [2.24, 2.45) is 5.92 Å². The Bertz CT molecular complexity index is 320. The molecule has 0 aliphatic carbocycles. The fourth-order valence-corrected chi connectivity index (χ4v) is 1.43. The van der Waals surface area contributed by atoms with Crippen molar-refractivity contribution in [2.75, 3.05) is 6.61 Å². The number of esters is 1. The first kappa shape index (κ1) is 11.8. The zero-order valence-electron chi connectivity index (χ0n) is 9.89. The van der Waals surface area contributed by atoms with Gasteiger partial charge in [0.05, 0.1) is 12.2 Å². The van der Waals surface area contributed by atoms with Crippen molar-refractivity contribution in [3.8, 4) is 0 Å². The topological polar surface area (TPSA) is 42.1 Å². The first-order chi connectivity index (χ1) is 7.02. The van der Waals surface area contributed by atoms with Gasteiger partial charge in [0.25, 0.3) is 0 Å². The molecular weight excluding hydrogens is 190 g/mol. The summed E-state index contributed by atoms with van der Waals surface area (Å²) in [5.74, 6) is 0.345. The number of aryl methyl sites for hydroxylation is 2. The van der Waals surface area contributed by atoms with Crippen LogP contribution in [0.5, 0.6) is 0 Å². The minimum atomic E-state index is -0.216. The molecule has 0 atom stereocenters. The Balaban J connectivity index is 2.54. The molecule has 1 heterocycles. The van der Waals surface area contributed by atoms with Crippen LogP contribution in [0.3, 0.4) is 0 Å². The van der Waals surface area contributed by atoms with Gasteiger partial charge in [0, 0.05) is 11.9 Å². The monoisotopic (exact) mass is 209 g/mol. The number of nitrogens with one attached hydrogen (secondary N) is 1. The van der Waals surface area contributed by atoms with Gasteiger partial charge in [-0.25, -0.2) is 4.79 Å². The van der Waals surface area contributed by atoms with Gasteiger partial charge in [-0.2, -0.15) is 0 Å². The lowest BCUT2D eigenvalue weighted by atomic mass is 10.1. The van der Waals surface area contributed by atoms with E-state index in [1.165, 1.54) is 0 Å². The van der Waals surface area contributed by atoms with Gasteiger partial charge in [-0.05, 0) is 31.7 Å². The Morgan fingerprint density at radius 1 is 1.47 bits per heavy atom. The van der Waals surface area contributed by atoms with E-state index in [-0.39, 0.29) is 5.97 Å².